The van der Waals surface area contributed by atoms with Gasteiger partial charge in [-0.1, -0.05) is 345 Å². The number of aliphatic hydroxyl groups is 2. The van der Waals surface area contributed by atoms with Crippen LogP contribution in [0.4, 0.5) is 0 Å². The van der Waals surface area contributed by atoms with Crippen LogP contribution in [0, 0.1) is 27.7 Å². The molecule has 12 aromatic rings. The monoisotopic (exact) mass is 1660 g/mol. The smallest absolute Gasteiger partial charge is 1.00 e. The van der Waals surface area contributed by atoms with Crippen LogP contribution in [0.3, 0.4) is 0 Å². The minimum atomic E-state index is -1.67. The number of halogens is 7. The zero-order valence-electron chi connectivity index (χ0n) is 64.1. The summed E-state index contributed by atoms with van der Waals surface area (Å²) in [5, 5.41) is 22.1. The number of hydrogen-bond donors (Lipinski definition) is 2. The molecule has 1 aliphatic heterocycles. The van der Waals surface area contributed by atoms with Crippen LogP contribution in [0.15, 0.2) is 267 Å². The number of hydrogen-bond acceptors (Lipinski definition) is 7. The molecule has 1 saturated heterocycles. The molecular formula is C96H89BCl7NNaO6S. The largest absolute Gasteiger partial charge is 1.00 e. The topological polar surface area (TPSA) is 104 Å². The number of alkyl halides is 1. The minimum Gasteiger partial charge on any atom is -1.00 e. The molecule has 2 N–H and O–H groups in total. The van der Waals surface area contributed by atoms with Gasteiger partial charge in [0.25, 0.3) is 0 Å². The Balaban J connectivity index is 0.000000267. The van der Waals surface area contributed by atoms with Crippen LogP contribution in [0.5, 0.6) is 0 Å². The van der Waals surface area contributed by atoms with Crippen molar-refractivity contribution in [2.75, 3.05) is 13.7 Å². The molecule has 1 aliphatic rings. The first-order chi connectivity index (χ1) is 53.3. The van der Waals surface area contributed by atoms with Crippen molar-refractivity contribution < 1.29 is 59.7 Å². The third kappa shape index (κ3) is 27.5. The summed E-state index contributed by atoms with van der Waals surface area (Å²) in [5.41, 5.74) is 26.5. The van der Waals surface area contributed by atoms with Gasteiger partial charge in [0.1, 0.15) is 12.3 Å². The Labute approximate surface area is 729 Å². The Morgan fingerprint density at radius 3 is 1.07 bits per heavy atom. The molecule has 13 rings (SSSR count). The van der Waals surface area contributed by atoms with Crippen LogP contribution < -0.4 is 29.6 Å². The first kappa shape index (κ1) is 93.7. The molecule has 573 valence electrons. The van der Waals surface area contributed by atoms with Crippen molar-refractivity contribution >= 4 is 158 Å². The van der Waals surface area contributed by atoms with Crippen molar-refractivity contribution in [3.63, 3.8) is 0 Å². The van der Waals surface area contributed by atoms with Gasteiger partial charge in [-0.25, -0.2) is 4.21 Å². The Bertz CT molecular complexity index is 5080. The molecule has 0 aliphatic carbocycles. The van der Waals surface area contributed by atoms with Gasteiger partial charge < -0.3 is 16.4 Å². The first-order valence-electron chi connectivity index (χ1n) is 35.6. The van der Waals surface area contributed by atoms with E-state index in [9.17, 15) is 14.7 Å². The van der Waals surface area contributed by atoms with Crippen LogP contribution in [0.2, 0.25) is 20.1 Å². The minimum absolute atomic E-state index is 0. The number of ether oxygens (including phenoxy) is 1. The predicted molar refractivity (Wildman–Crippen MR) is 484 cm³/mol. The number of methoxy groups -OCH3 is 1. The number of aliphatic hydroxyl groups excluding tert-OH is 2. The summed E-state index contributed by atoms with van der Waals surface area (Å²) in [6, 6.07) is 89.0. The maximum Gasteiger partial charge on any atom is 1.00 e. The maximum atomic E-state index is 12.2. The number of rotatable bonds is 18. The van der Waals surface area contributed by atoms with Gasteiger partial charge >= 0.3 is 35.5 Å². The summed E-state index contributed by atoms with van der Waals surface area (Å²) in [6.45, 7) is 9.81. The number of esters is 1. The molecule has 0 aromatic heterocycles. The number of aldehydes is 1. The number of carbonyl (C=O) groups excluding carboxylic acids is 2. The third-order valence-corrected chi connectivity index (χ3v) is 20.5. The van der Waals surface area contributed by atoms with Gasteiger partial charge in [-0.3, -0.25) is 14.5 Å². The van der Waals surface area contributed by atoms with Crippen molar-refractivity contribution in [3.05, 3.63) is 376 Å². The summed E-state index contributed by atoms with van der Waals surface area (Å²) in [4.78, 5) is 25.0. The van der Waals surface area contributed by atoms with Gasteiger partial charge in [0.2, 0.25) is 9.23 Å². The van der Waals surface area contributed by atoms with E-state index in [1.54, 1.807) is 18.2 Å². The van der Waals surface area contributed by atoms with E-state index >= 15 is 0 Å². The molecule has 3 radical (unpaired) electrons. The van der Waals surface area contributed by atoms with Crippen LogP contribution in [-0.2, 0) is 37.8 Å². The summed E-state index contributed by atoms with van der Waals surface area (Å²) in [5.74, 6) is 0.0769. The molecule has 12 aromatic carbocycles. The van der Waals surface area contributed by atoms with Gasteiger partial charge in [0, 0.05) is 67.9 Å². The Hall–Kier alpha value is -8.14. The molecular weight excluding hydrogens is 1580 g/mol. The van der Waals surface area contributed by atoms with Crippen molar-refractivity contribution in [3.8, 4) is 44.5 Å². The average molecular weight is 1670 g/mol. The van der Waals surface area contributed by atoms with Crippen molar-refractivity contribution in [2.45, 2.75) is 79.1 Å². The van der Waals surface area contributed by atoms with Crippen LogP contribution >= 0.6 is 79.4 Å². The molecule has 0 spiro atoms. The number of likely N-dealkylation sites (tertiary alicyclic amines) is 1. The fraction of sp³-hybridized carbons (Fsp3) is 0.146. The van der Waals surface area contributed by atoms with Crippen LogP contribution in [-0.4, -0.2) is 65.8 Å². The van der Waals surface area contributed by atoms with Gasteiger partial charge in [-0.15, -0.1) is 11.6 Å². The Kier molecular flexibility index (Phi) is 40.0. The zero-order chi connectivity index (χ0) is 78.5. The SMILES string of the molecule is C.COC(=O)C1C(O)CCCN1Cc1ccc(/C=C/c2cccc(-c3ccccc3)c2C)c(Cl)c1.Cc1c(/C=C/c2ccc(C=O)cc2Cl)cccc1-c1ccccc1.Cc1c(/C=C/c2ccc(CCl)cc2Cl)cccc1-c1ccccc1.Cc1c(/C=C/c2ccc(CO)cc2Cl)cccc1-c1ccccc1.O=S(Cl)Cl.[B].[H-].[Na+]. The average Bonchev–Trinajstić information content (AvgIpc) is 0.833. The number of benzene rings is 12. The van der Waals surface area contributed by atoms with Crippen LogP contribution in [0.25, 0.3) is 93.1 Å². The standard InChI is InChI=1S/C29H30ClNO3.C22H18Cl2.C22H19ClO.C22H17ClO.CH4.B.Cl2OS.Na.H/c1-20-22(10-6-11-25(20)23-8-4-3-5-9-23)15-16-24-14-13-21(18-26(24)30)19-31-17-7-12-27(32)28(31)29(33)34-2;1-16-18(8-5-9-21(16)19-6-3-2-4-7-19)12-13-20-11-10-17(15-23)14-22(20)24;2*1-16-18(8-5-9-21(16)19-6-3-2-4-7-19)12-13-20-11-10-17(15-24)14-22(20)23;;;1-4(2)3;;/h3-6,8-11,13-16,18,27-28,32H,7,12,17,19H2,1-2H3;2-14H,15H2,1H3;2-14,24H,15H2,1H3;2-15H,1H3;1H4;;;;/q;;;;;;;+1;-1/b16-15+;3*13-12+;;;;;. The quantitative estimate of drug-likeness (QED) is 0.0220. The molecule has 0 amide bonds. The first-order valence-corrected chi connectivity index (χ1v) is 40.5. The van der Waals surface area contributed by atoms with E-state index in [0.717, 1.165) is 74.3 Å². The summed E-state index contributed by atoms with van der Waals surface area (Å²) in [7, 11) is 8.72. The van der Waals surface area contributed by atoms with E-state index in [1.807, 2.05) is 114 Å². The molecule has 2 unspecified atom stereocenters. The predicted octanol–water partition coefficient (Wildman–Crippen LogP) is 23.9. The Morgan fingerprint density at radius 2 is 0.761 bits per heavy atom. The molecule has 2 atom stereocenters. The molecule has 0 saturated carbocycles. The molecule has 7 nitrogen and oxygen atoms in total. The maximum absolute atomic E-state index is 12.2. The fourth-order valence-corrected chi connectivity index (χ4v) is 14.0. The summed E-state index contributed by atoms with van der Waals surface area (Å²) in [6.07, 6.45) is 18.0. The van der Waals surface area contributed by atoms with E-state index in [4.69, 9.17) is 72.1 Å². The molecule has 1 fully saturated rings. The zero-order valence-corrected chi connectivity index (χ0v) is 71.2. The second kappa shape index (κ2) is 48.3. The van der Waals surface area contributed by atoms with Crippen molar-refractivity contribution in [1.82, 2.24) is 4.90 Å². The van der Waals surface area contributed by atoms with E-state index in [0.29, 0.717) is 39.5 Å². The van der Waals surface area contributed by atoms with E-state index in [-0.39, 0.29) is 53.4 Å². The second-order valence-corrected chi connectivity index (χ2v) is 30.4. The molecule has 1 heterocycles. The van der Waals surface area contributed by atoms with Gasteiger partial charge in [0.15, 0.2) is 0 Å². The van der Waals surface area contributed by atoms with Gasteiger partial charge in [-0.05, 0) is 199 Å². The number of nitrogens with zero attached hydrogens (tertiary/aromatic N) is 1. The molecule has 0 bridgehead atoms. The molecule has 113 heavy (non-hydrogen) atoms. The van der Waals surface area contributed by atoms with E-state index in [2.05, 4.69) is 237 Å². The van der Waals surface area contributed by atoms with E-state index in [1.165, 1.54) is 85.0 Å². The molecule has 17 heteroatoms. The second-order valence-electron chi connectivity index (χ2n) is 26.0. The third-order valence-electron chi connectivity index (χ3n) is 18.8. The van der Waals surface area contributed by atoms with Crippen molar-refractivity contribution in [1.29, 1.82) is 0 Å². The summed E-state index contributed by atoms with van der Waals surface area (Å²) < 4.78 is 14.0. The number of carbonyl (C=O) groups is 2. The van der Waals surface area contributed by atoms with Gasteiger partial charge in [-0.2, -0.15) is 0 Å². The Morgan fingerprint density at radius 1 is 0.460 bits per heavy atom. The van der Waals surface area contributed by atoms with Gasteiger partial charge in [0.05, 0.1) is 19.8 Å². The van der Waals surface area contributed by atoms with E-state index < -0.39 is 27.3 Å². The fourth-order valence-electron chi connectivity index (χ4n) is 12.8. The summed E-state index contributed by atoms with van der Waals surface area (Å²) >= 11 is 31.3. The van der Waals surface area contributed by atoms with Crippen LogP contribution in [0.1, 0.15) is 116 Å². The normalized spacial score (nSPS) is 13.0. The van der Waals surface area contributed by atoms with Crippen molar-refractivity contribution in [2.24, 2.45) is 0 Å². The number of piperidine rings is 1.